The Bertz CT molecular complexity index is 745. The van der Waals surface area contributed by atoms with Gasteiger partial charge in [-0.1, -0.05) is 6.07 Å². The number of benzene rings is 1. The Labute approximate surface area is 169 Å². The first-order valence-electron chi connectivity index (χ1n) is 10.1. The predicted molar refractivity (Wildman–Crippen MR) is 103 cm³/mol. The summed E-state index contributed by atoms with van der Waals surface area (Å²) >= 11 is 0. The molecule has 158 valence electrons. The van der Waals surface area contributed by atoms with Gasteiger partial charge >= 0.3 is 0 Å². The van der Waals surface area contributed by atoms with Crippen molar-refractivity contribution in [2.45, 2.75) is 31.5 Å². The van der Waals surface area contributed by atoms with Gasteiger partial charge in [-0.15, -0.1) is 0 Å². The van der Waals surface area contributed by atoms with Gasteiger partial charge in [-0.2, -0.15) is 0 Å². The number of fused-ring (bicyclic) bond motifs is 1. The summed E-state index contributed by atoms with van der Waals surface area (Å²) in [7, 11) is 0. The lowest BCUT2D eigenvalue weighted by molar-refractivity contribution is -0.155. The molecule has 1 saturated heterocycles. The van der Waals surface area contributed by atoms with Crippen LogP contribution in [0.1, 0.15) is 30.7 Å². The number of amides is 1. The molecule has 3 heterocycles. The summed E-state index contributed by atoms with van der Waals surface area (Å²) in [6.45, 7) is 3.00. The van der Waals surface area contributed by atoms with Gasteiger partial charge in [0, 0.05) is 32.0 Å². The average molecular weight is 405 g/mol. The Kier molecular flexibility index (Phi) is 6.53. The van der Waals surface area contributed by atoms with E-state index in [4.69, 9.17) is 28.8 Å². The van der Waals surface area contributed by atoms with Crippen molar-refractivity contribution in [1.29, 1.82) is 0 Å². The van der Waals surface area contributed by atoms with E-state index in [0.717, 1.165) is 17.7 Å². The van der Waals surface area contributed by atoms with E-state index >= 15 is 0 Å². The number of ether oxygens (including phenoxy) is 5. The van der Waals surface area contributed by atoms with Crippen LogP contribution in [0.5, 0.6) is 11.5 Å². The largest absolute Gasteiger partial charge is 0.459 e. The second kappa shape index (κ2) is 9.47. The van der Waals surface area contributed by atoms with Crippen molar-refractivity contribution in [3.8, 4) is 11.5 Å². The summed E-state index contributed by atoms with van der Waals surface area (Å²) in [6, 6.07) is 5.83. The van der Waals surface area contributed by atoms with Gasteiger partial charge in [0.1, 0.15) is 0 Å². The molecule has 0 unspecified atom stereocenters. The number of morpholine rings is 1. The number of carbonyl (C=O) groups excluding carboxylic acids is 1. The van der Waals surface area contributed by atoms with E-state index in [1.165, 1.54) is 0 Å². The Morgan fingerprint density at radius 1 is 1.17 bits per heavy atom. The molecule has 0 spiro atoms. The first kappa shape index (κ1) is 20.0. The number of aliphatic hydroxyl groups excluding tert-OH is 1. The van der Waals surface area contributed by atoms with Crippen molar-refractivity contribution in [1.82, 2.24) is 4.90 Å². The third kappa shape index (κ3) is 4.83. The molecule has 1 amide bonds. The number of unbranched alkanes of at least 4 members (excludes halogenated alkanes) is 1. The Morgan fingerprint density at radius 3 is 2.83 bits per heavy atom. The van der Waals surface area contributed by atoms with Gasteiger partial charge in [0.05, 0.1) is 19.8 Å². The molecule has 4 rings (SSSR count). The molecular formula is C21H27NO7. The first-order chi connectivity index (χ1) is 14.2. The molecule has 1 aromatic rings. The lowest BCUT2D eigenvalue weighted by Gasteiger charge is -2.33. The van der Waals surface area contributed by atoms with E-state index in [1.54, 1.807) is 4.90 Å². The standard InChI is InChI=1S/C21H27NO7/c23-7-1-2-8-26-20-13-16(15-3-4-17-18(11-15)28-14-27-17)12-19(29-20)21(24)22-5-9-25-10-6-22/h3-4,11-12,16,20,23H,1-2,5-10,13-14H2/t16-,20+/m0/s1. The molecule has 0 bridgehead atoms. The lowest BCUT2D eigenvalue weighted by atomic mass is 9.92. The summed E-state index contributed by atoms with van der Waals surface area (Å²) < 4.78 is 28.0. The van der Waals surface area contributed by atoms with Crippen LogP contribution in [0.4, 0.5) is 0 Å². The van der Waals surface area contributed by atoms with Gasteiger partial charge in [0.15, 0.2) is 17.3 Å². The molecule has 29 heavy (non-hydrogen) atoms. The highest BCUT2D eigenvalue weighted by Gasteiger charge is 2.32. The first-order valence-corrected chi connectivity index (χ1v) is 10.1. The third-order valence-electron chi connectivity index (χ3n) is 5.25. The van der Waals surface area contributed by atoms with Crippen molar-refractivity contribution in [2.24, 2.45) is 0 Å². The minimum absolute atomic E-state index is 0.0407. The van der Waals surface area contributed by atoms with E-state index in [2.05, 4.69) is 0 Å². The quantitative estimate of drug-likeness (QED) is 0.692. The fourth-order valence-electron chi connectivity index (χ4n) is 3.64. The molecule has 1 aromatic carbocycles. The lowest BCUT2D eigenvalue weighted by Crippen LogP contribution is -2.43. The van der Waals surface area contributed by atoms with E-state index in [1.807, 2.05) is 24.3 Å². The Balaban J connectivity index is 1.52. The zero-order chi connectivity index (χ0) is 20.1. The van der Waals surface area contributed by atoms with Gasteiger partial charge in [-0.25, -0.2) is 0 Å². The SMILES string of the molecule is O=C(C1=C[C@H](c2ccc3c(c2)OCO3)C[C@H](OCCCCO)O1)N1CCOCC1. The Hall–Kier alpha value is -2.29. The number of nitrogens with zero attached hydrogens (tertiary/aromatic N) is 1. The Morgan fingerprint density at radius 2 is 2.00 bits per heavy atom. The van der Waals surface area contributed by atoms with Gasteiger partial charge < -0.3 is 33.7 Å². The van der Waals surface area contributed by atoms with Gasteiger partial charge in [-0.05, 0) is 36.6 Å². The molecule has 0 saturated carbocycles. The van der Waals surface area contributed by atoms with Crippen LogP contribution in [0, 0.1) is 0 Å². The topological polar surface area (TPSA) is 86.7 Å². The minimum Gasteiger partial charge on any atom is -0.459 e. The summed E-state index contributed by atoms with van der Waals surface area (Å²) in [4.78, 5) is 14.7. The zero-order valence-electron chi connectivity index (χ0n) is 16.4. The van der Waals surface area contributed by atoms with Crippen LogP contribution >= 0.6 is 0 Å². The van der Waals surface area contributed by atoms with Crippen molar-refractivity contribution in [3.63, 3.8) is 0 Å². The highest BCUT2D eigenvalue weighted by Crippen LogP contribution is 2.38. The fourth-order valence-corrected chi connectivity index (χ4v) is 3.64. The van der Waals surface area contributed by atoms with Gasteiger partial charge in [-0.3, -0.25) is 4.79 Å². The maximum atomic E-state index is 13.0. The van der Waals surface area contributed by atoms with Crippen LogP contribution in [0.3, 0.4) is 0 Å². The van der Waals surface area contributed by atoms with Crippen LogP contribution in [0.2, 0.25) is 0 Å². The maximum Gasteiger partial charge on any atom is 0.288 e. The fraction of sp³-hybridized carbons (Fsp3) is 0.571. The monoisotopic (exact) mass is 405 g/mol. The second-order valence-corrected chi connectivity index (χ2v) is 7.24. The van der Waals surface area contributed by atoms with E-state index in [0.29, 0.717) is 57.3 Å². The van der Waals surface area contributed by atoms with Crippen LogP contribution in [0.25, 0.3) is 0 Å². The van der Waals surface area contributed by atoms with Crippen molar-refractivity contribution < 1.29 is 33.6 Å². The number of hydrogen-bond acceptors (Lipinski definition) is 7. The zero-order valence-corrected chi connectivity index (χ0v) is 16.4. The average Bonchev–Trinajstić information content (AvgIpc) is 3.24. The third-order valence-corrected chi connectivity index (χ3v) is 5.25. The van der Waals surface area contributed by atoms with Crippen molar-refractivity contribution in [2.75, 3.05) is 46.3 Å². The molecule has 3 aliphatic rings. The number of allylic oxidation sites excluding steroid dienone is 1. The number of aliphatic hydroxyl groups is 1. The van der Waals surface area contributed by atoms with Crippen LogP contribution in [-0.2, 0) is 19.0 Å². The van der Waals surface area contributed by atoms with E-state index in [-0.39, 0.29) is 25.2 Å². The predicted octanol–water partition coefficient (Wildman–Crippen LogP) is 1.78. The molecule has 3 aliphatic heterocycles. The molecule has 0 aliphatic carbocycles. The molecular weight excluding hydrogens is 378 g/mol. The molecule has 0 radical (unpaired) electrons. The summed E-state index contributed by atoms with van der Waals surface area (Å²) in [5.74, 6) is 1.58. The van der Waals surface area contributed by atoms with Gasteiger partial charge in [0.2, 0.25) is 13.1 Å². The molecule has 1 fully saturated rings. The highest BCUT2D eigenvalue weighted by atomic mass is 16.7. The number of rotatable bonds is 7. The minimum atomic E-state index is -0.519. The molecule has 8 nitrogen and oxygen atoms in total. The van der Waals surface area contributed by atoms with Crippen LogP contribution < -0.4 is 9.47 Å². The summed E-state index contributed by atoms with van der Waals surface area (Å²) in [6.07, 6.45) is 3.37. The summed E-state index contributed by atoms with van der Waals surface area (Å²) in [5, 5.41) is 8.95. The smallest absolute Gasteiger partial charge is 0.288 e. The maximum absolute atomic E-state index is 13.0. The molecule has 0 aromatic heterocycles. The second-order valence-electron chi connectivity index (χ2n) is 7.24. The summed E-state index contributed by atoms with van der Waals surface area (Å²) in [5.41, 5.74) is 1.02. The van der Waals surface area contributed by atoms with Crippen molar-refractivity contribution >= 4 is 5.91 Å². The normalized spacial score (nSPS) is 23.5. The number of carbonyl (C=O) groups is 1. The molecule has 8 heteroatoms. The van der Waals surface area contributed by atoms with Crippen LogP contribution in [-0.4, -0.2) is 68.5 Å². The molecule has 2 atom stereocenters. The van der Waals surface area contributed by atoms with E-state index < -0.39 is 6.29 Å². The number of hydrogen-bond donors (Lipinski definition) is 1. The van der Waals surface area contributed by atoms with Crippen molar-refractivity contribution in [3.05, 3.63) is 35.6 Å². The molecule has 1 N–H and O–H groups in total. The highest BCUT2D eigenvalue weighted by molar-refractivity contribution is 5.91. The van der Waals surface area contributed by atoms with Crippen LogP contribution in [0.15, 0.2) is 30.0 Å². The van der Waals surface area contributed by atoms with E-state index in [9.17, 15) is 4.79 Å². The van der Waals surface area contributed by atoms with Gasteiger partial charge in [0.25, 0.3) is 5.91 Å².